The molecule has 0 amide bonds. The quantitative estimate of drug-likeness (QED) is 0.866. The number of aryl methyl sites for hydroxylation is 3. The molecule has 3 nitrogen and oxygen atoms in total. The fraction of sp³-hybridized carbons (Fsp3) is 0.714. The average Bonchev–Trinajstić information content (AvgIpc) is 2.43. The van der Waals surface area contributed by atoms with Crippen molar-refractivity contribution in [1.82, 2.24) is 4.72 Å². The van der Waals surface area contributed by atoms with Gasteiger partial charge in [-0.1, -0.05) is 17.7 Å². The highest BCUT2D eigenvalue weighted by Gasteiger charge is 2.50. The predicted molar refractivity (Wildman–Crippen MR) is 101 cm³/mol. The molecule has 1 aromatic rings. The van der Waals surface area contributed by atoms with Gasteiger partial charge in [-0.05, 0) is 101 Å². The Labute approximate surface area is 152 Å². The van der Waals surface area contributed by atoms with Crippen LogP contribution in [0.4, 0.5) is 0 Å². The number of rotatable bonds is 4. The van der Waals surface area contributed by atoms with Gasteiger partial charge in [0.15, 0.2) is 0 Å². The van der Waals surface area contributed by atoms with E-state index >= 15 is 0 Å². The Morgan fingerprint density at radius 2 is 1.40 bits per heavy atom. The van der Waals surface area contributed by atoms with Gasteiger partial charge in [0.25, 0.3) is 0 Å². The number of benzene rings is 1. The molecule has 4 fully saturated rings. The van der Waals surface area contributed by atoms with Gasteiger partial charge in [-0.3, -0.25) is 0 Å². The molecule has 0 radical (unpaired) electrons. The molecule has 1 N–H and O–H groups in total. The van der Waals surface area contributed by atoms with Crippen LogP contribution in [0.15, 0.2) is 17.0 Å². The lowest BCUT2D eigenvalue weighted by molar-refractivity contribution is -0.0463. The first-order chi connectivity index (χ1) is 11.7. The molecule has 5 rings (SSSR count). The van der Waals surface area contributed by atoms with Crippen LogP contribution >= 0.6 is 0 Å². The van der Waals surface area contributed by atoms with Crippen LogP contribution in [0.3, 0.4) is 0 Å². The Hall–Kier alpha value is -0.870. The summed E-state index contributed by atoms with van der Waals surface area (Å²) in [5.41, 5.74) is 2.81. The van der Waals surface area contributed by atoms with Crippen LogP contribution in [0, 0.1) is 50.4 Å². The summed E-state index contributed by atoms with van der Waals surface area (Å²) in [5.74, 6) is 3.82. The molecule has 1 aromatic carbocycles. The normalized spacial score (nSPS) is 35.1. The fourth-order valence-electron chi connectivity index (χ4n) is 6.76. The minimum Gasteiger partial charge on any atom is -0.208 e. The second-order valence-corrected chi connectivity index (χ2v) is 10.8. The van der Waals surface area contributed by atoms with Crippen LogP contribution in [-0.2, 0) is 10.0 Å². The van der Waals surface area contributed by atoms with Crippen LogP contribution in [0.5, 0.6) is 0 Å². The maximum Gasteiger partial charge on any atom is 0.241 e. The predicted octanol–water partition coefficient (Wildman–Crippen LogP) is 4.35. The smallest absolute Gasteiger partial charge is 0.208 e. The minimum atomic E-state index is -3.47. The highest BCUT2D eigenvalue weighted by atomic mass is 32.2. The van der Waals surface area contributed by atoms with Gasteiger partial charge < -0.3 is 0 Å². The van der Waals surface area contributed by atoms with E-state index in [0.29, 0.717) is 10.8 Å². The maximum atomic E-state index is 13.1. The Balaban J connectivity index is 1.57. The van der Waals surface area contributed by atoms with E-state index in [4.69, 9.17) is 0 Å². The molecule has 0 saturated heterocycles. The minimum absolute atomic E-state index is 0.0279. The molecule has 0 spiro atoms. The summed E-state index contributed by atoms with van der Waals surface area (Å²) >= 11 is 0. The average molecular weight is 362 g/mol. The number of sulfonamides is 1. The van der Waals surface area contributed by atoms with Gasteiger partial charge in [0.1, 0.15) is 0 Å². The molecule has 138 valence electrons. The van der Waals surface area contributed by atoms with Gasteiger partial charge in [-0.15, -0.1) is 0 Å². The highest BCUT2D eigenvalue weighted by Crippen LogP contribution is 2.57. The van der Waals surface area contributed by atoms with Crippen LogP contribution in [0.1, 0.15) is 55.7 Å². The monoisotopic (exact) mass is 361 g/mol. The van der Waals surface area contributed by atoms with E-state index in [1.165, 1.54) is 32.1 Å². The summed E-state index contributed by atoms with van der Waals surface area (Å²) in [6, 6.07) is 3.96. The third-order valence-corrected chi connectivity index (χ3v) is 8.95. The molecule has 25 heavy (non-hydrogen) atoms. The number of hydrogen-bond acceptors (Lipinski definition) is 2. The van der Waals surface area contributed by atoms with E-state index in [9.17, 15) is 8.42 Å². The second-order valence-electron chi connectivity index (χ2n) is 9.15. The van der Waals surface area contributed by atoms with E-state index in [2.05, 4.69) is 11.6 Å². The third kappa shape index (κ3) is 3.06. The molecule has 0 aromatic heterocycles. The fourth-order valence-corrected chi connectivity index (χ4v) is 8.49. The zero-order valence-corrected chi connectivity index (χ0v) is 16.7. The first-order valence-electron chi connectivity index (χ1n) is 9.84. The van der Waals surface area contributed by atoms with Gasteiger partial charge >= 0.3 is 0 Å². The first-order valence-corrected chi connectivity index (χ1v) is 11.3. The van der Waals surface area contributed by atoms with Crippen molar-refractivity contribution in [3.63, 3.8) is 0 Å². The molecule has 4 aliphatic carbocycles. The summed E-state index contributed by atoms with van der Waals surface area (Å²) in [5, 5.41) is 0. The van der Waals surface area contributed by atoms with E-state index in [1.54, 1.807) is 0 Å². The molecule has 0 unspecified atom stereocenters. The lowest BCUT2D eigenvalue weighted by Crippen LogP contribution is -2.53. The van der Waals surface area contributed by atoms with Crippen LogP contribution in [-0.4, -0.2) is 14.5 Å². The molecule has 4 bridgehead atoms. The summed E-state index contributed by atoms with van der Waals surface area (Å²) in [7, 11) is -3.47. The molecule has 4 saturated carbocycles. The lowest BCUT2D eigenvalue weighted by atomic mass is 9.51. The van der Waals surface area contributed by atoms with E-state index in [0.717, 1.165) is 40.4 Å². The van der Waals surface area contributed by atoms with Crippen molar-refractivity contribution in [1.29, 1.82) is 0 Å². The Bertz CT molecular complexity index is 732. The van der Waals surface area contributed by atoms with Crippen molar-refractivity contribution in [3.8, 4) is 0 Å². The van der Waals surface area contributed by atoms with Gasteiger partial charge in [0.05, 0.1) is 4.90 Å². The van der Waals surface area contributed by atoms with E-state index in [1.807, 2.05) is 32.9 Å². The van der Waals surface area contributed by atoms with Gasteiger partial charge in [-0.2, -0.15) is 0 Å². The molecule has 0 heterocycles. The SMILES string of the molecule is Cc1cc(C)c(S(=O)(=O)N[C@H](C)C2C3CC4CC(C3)CC2C4)c(C)c1. The standard InChI is InChI=1S/C21H31NO2S/c1-12-5-13(2)21(14(3)6-12)25(23,24)22-15(4)20-18-8-16-7-17(10-18)11-19(20)9-16/h5-6,15-20,22H,7-11H2,1-4H3/t15-,16?,17?,18?,19?,20?/m1/s1. The van der Waals surface area contributed by atoms with Crippen molar-refractivity contribution < 1.29 is 8.42 Å². The zero-order chi connectivity index (χ0) is 17.9. The summed E-state index contributed by atoms with van der Waals surface area (Å²) in [6.45, 7) is 7.93. The van der Waals surface area contributed by atoms with Crippen LogP contribution in [0.25, 0.3) is 0 Å². The summed E-state index contributed by atoms with van der Waals surface area (Å²) < 4.78 is 29.3. The van der Waals surface area contributed by atoms with Gasteiger partial charge in [0, 0.05) is 6.04 Å². The van der Waals surface area contributed by atoms with Crippen molar-refractivity contribution >= 4 is 10.0 Å². The van der Waals surface area contributed by atoms with Crippen LogP contribution in [0.2, 0.25) is 0 Å². The zero-order valence-electron chi connectivity index (χ0n) is 15.9. The maximum absolute atomic E-state index is 13.1. The Morgan fingerprint density at radius 3 is 1.88 bits per heavy atom. The first kappa shape index (κ1) is 17.5. The largest absolute Gasteiger partial charge is 0.241 e. The van der Waals surface area contributed by atoms with Crippen molar-refractivity contribution in [2.45, 2.75) is 70.7 Å². The van der Waals surface area contributed by atoms with Crippen molar-refractivity contribution in [2.24, 2.45) is 29.6 Å². The molecule has 0 aliphatic heterocycles. The topological polar surface area (TPSA) is 46.2 Å². The molecular formula is C21H31NO2S. The molecule has 4 heteroatoms. The molecular weight excluding hydrogens is 330 g/mol. The second kappa shape index (κ2) is 6.09. The Kier molecular flexibility index (Phi) is 4.27. The third-order valence-electron chi connectivity index (χ3n) is 7.09. The summed E-state index contributed by atoms with van der Waals surface area (Å²) in [6.07, 6.45) is 6.73. The van der Waals surface area contributed by atoms with Crippen molar-refractivity contribution in [2.75, 3.05) is 0 Å². The van der Waals surface area contributed by atoms with Crippen molar-refractivity contribution in [3.05, 3.63) is 28.8 Å². The van der Waals surface area contributed by atoms with E-state index in [-0.39, 0.29) is 6.04 Å². The number of hydrogen-bond donors (Lipinski definition) is 1. The Morgan fingerprint density at radius 1 is 0.920 bits per heavy atom. The molecule has 1 atom stereocenters. The molecule has 4 aliphatic rings. The van der Waals surface area contributed by atoms with Crippen LogP contribution < -0.4 is 4.72 Å². The lowest BCUT2D eigenvalue weighted by Gasteiger charge is -2.56. The summed E-state index contributed by atoms with van der Waals surface area (Å²) in [4.78, 5) is 0.480. The van der Waals surface area contributed by atoms with E-state index < -0.39 is 10.0 Å². The highest BCUT2D eigenvalue weighted by molar-refractivity contribution is 7.89. The van der Waals surface area contributed by atoms with Gasteiger partial charge in [0.2, 0.25) is 10.0 Å². The number of nitrogens with one attached hydrogen (secondary N) is 1. The van der Waals surface area contributed by atoms with Gasteiger partial charge in [-0.25, -0.2) is 13.1 Å².